The van der Waals surface area contributed by atoms with Crippen molar-refractivity contribution in [2.24, 2.45) is 0 Å². The van der Waals surface area contributed by atoms with Crippen molar-refractivity contribution in [3.05, 3.63) is 59.2 Å². The standard InChI is InChI=1S/C22H27NO6S/c1-5-18(6-2)23-21(24)14-28-22(25)17-9-11-19(12-10-17)29-30(26,27)20-13-15(3)7-8-16(20)4/h7-13,18H,5-6,14H2,1-4H3,(H,23,24). The minimum Gasteiger partial charge on any atom is -0.452 e. The van der Waals surface area contributed by atoms with Crippen molar-refractivity contribution in [1.29, 1.82) is 0 Å². The number of amides is 1. The quantitative estimate of drug-likeness (QED) is 0.480. The smallest absolute Gasteiger partial charge is 0.339 e. The fraction of sp³-hybridized carbons (Fsp3) is 0.364. The Morgan fingerprint density at radius 3 is 2.23 bits per heavy atom. The average molecular weight is 434 g/mol. The lowest BCUT2D eigenvalue weighted by atomic mass is 10.2. The second-order valence-corrected chi connectivity index (χ2v) is 8.50. The van der Waals surface area contributed by atoms with E-state index in [1.165, 1.54) is 24.3 Å². The van der Waals surface area contributed by atoms with Crippen molar-refractivity contribution >= 4 is 22.0 Å². The third-order valence-electron chi connectivity index (χ3n) is 4.59. The molecule has 0 saturated carbocycles. The first-order valence-electron chi connectivity index (χ1n) is 9.74. The second-order valence-electron chi connectivity index (χ2n) is 6.99. The molecular weight excluding hydrogens is 406 g/mol. The van der Waals surface area contributed by atoms with Crippen LogP contribution in [0.2, 0.25) is 0 Å². The lowest BCUT2D eigenvalue weighted by Crippen LogP contribution is -2.36. The second kappa shape index (κ2) is 10.2. The van der Waals surface area contributed by atoms with Gasteiger partial charge in [-0.25, -0.2) is 4.79 Å². The summed E-state index contributed by atoms with van der Waals surface area (Å²) in [4.78, 5) is 24.0. The van der Waals surface area contributed by atoms with Crippen molar-refractivity contribution in [2.75, 3.05) is 6.61 Å². The molecule has 0 spiro atoms. The maximum Gasteiger partial charge on any atom is 0.339 e. The molecule has 0 aromatic heterocycles. The molecule has 8 heteroatoms. The number of hydrogen-bond acceptors (Lipinski definition) is 6. The van der Waals surface area contributed by atoms with Gasteiger partial charge in [0.2, 0.25) is 0 Å². The van der Waals surface area contributed by atoms with Crippen LogP contribution in [0, 0.1) is 13.8 Å². The van der Waals surface area contributed by atoms with E-state index in [2.05, 4.69) is 5.32 Å². The van der Waals surface area contributed by atoms with E-state index in [0.717, 1.165) is 18.4 Å². The monoisotopic (exact) mass is 433 g/mol. The van der Waals surface area contributed by atoms with Crippen LogP contribution in [0.4, 0.5) is 0 Å². The molecule has 2 rings (SSSR count). The van der Waals surface area contributed by atoms with Gasteiger partial charge in [0.25, 0.3) is 5.91 Å². The lowest BCUT2D eigenvalue weighted by molar-refractivity contribution is -0.125. The molecule has 30 heavy (non-hydrogen) atoms. The third-order valence-corrected chi connectivity index (χ3v) is 5.98. The number of carbonyl (C=O) groups is 2. The minimum atomic E-state index is -4.01. The fourth-order valence-corrected chi connectivity index (χ4v) is 4.02. The number of benzene rings is 2. The Balaban J connectivity index is 2.00. The largest absolute Gasteiger partial charge is 0.452 e. The van der Waals surface area contributed by atoms with Gasteiger partial charge >= 0.3 is 16.1 Å². The lowest BCUT2D eigenvalue weighted by Gasteiger charge is -2.14. The molecule has 2 aromatic rings. The molecule has 0 unspecified atom stereocenters. The van der Waals surface area contributed by atoms with Gasteiger partial charge in [-0.3, -0.25) is 4.79 Å². The molecule has 162 valence electrons. The van der Waals surface area contributed by atoms with E-state index in [4.69, 9.17) is 8.92 Å². The summed E-state index contributed by atoms with van der Waals surface area (Å²) in [7, 11) is -4.01. The number of rotatable bonds is 9. The number of carbonyl (C=O) groups excluding carboxylic acids is 2. The van der Waals surface area contributed by atoms with Crippen molar-refractivity contribution in [3.63, 3.8) is 0 Å². The van der Waals surface area contributed by atoms with E-state index in [-0.39, 0.29) is 34.8 Å². The maximum atomic E-state index is 12.6. The van der Waals surface area contributed by atoms with Crippen LogP contribution in [-0.4, -0.2) is 32.9 Å². The van der Waals surface area contributed by atoms with Gasteiger partial charge in [-0.2, -0.15) is 8.42 Å². The van der Waals surface area contributed by atoms with E-state index < -0.39 is 16.1 Å². The summed E-state index contributed by atoms with van der Waals surface area (Å²) >= 11 is 0. The Kier molecular flexibility index (Phi) is 8.00. The third kappa shape index (κ3) is 6.32. The van der Waals surface area contributed by atoms with Crippen molar-refractivity contribution in [3.8, 4) is 5.75 Å². The summed E-state index contributed by atoms with van der Waals surface area (Å²) in [5.41, 5.74) is 1.56. The van der Waals surface area contributed by atoms with E-state index in [1.54, 1.807) is 26.0 Å². The molecule has 2 aromatic carbocycles. The molecule has 0 fully saturated rings. The number of esters is 1. The molecule has 1 amide bonds. The van der Waals surface area contributed by atoms with Gasteiger partial charge < -0.3 is 14.2 Å². The molecule has 1 N–H and O–H groups in total. The summed E-state index contributed by atoms with van der Waals surface area (Å²) in [6.07, 6.45) is 1.59. The van der Waals surface area contributed by atoms with Gasteiger partial charge in [-0.05, 0) is 68.1 Å². The number of ether oxygens (including phenoxy) is 1. The highest BCUT2D eigenvalue weighted by molar-refractivity contribution is 7.87. The molecule has 0 atom stereocenters. The molecule has 7 nitrogen and oxygen atoms in total. The highest BCUT2D eigenvalue weighted by Crippen LogP contribution is 2.23. The SMILES string of the molecule is CCC(CC)NC(=O)COC(=O)c1ccc(OS(=O)(=O)c2cc(C)ccc2C)cc1. The molecule has 0 saturated heterocycles. The highest BCUT2D eigenvalue weighted by Gasteiger charge is 2.20. The normalized spacial score (nSPS) is 11.2. The topological polar surface area (TPSA) is 98.8 Å². The minimum absolute atomic E-state index is 0.0478. The van der Waals surface area contributed by atoms with Gasteiger partial charge in [-0.15, -0.1) is 0 Å². The van der Waals surface area contributed by atoms with E-state index >= 15 is 0 Å². The zero-order valence-electron chi connectivity index (χ0n) is 17.6. The van der Waals surface area contributed by atoms with Crippen LogP contribution in [0.25, 0.3) is 0 Å². The number of nitrogens with one attached hydrogen (secondary N) is 1. The Morgan fingerprint density at radius 2 is 1.63 bits per heavy atom. The molecule has 0 radical (unpaired) electrons. The fourth-order valence-electron chi connectivity index (χ4n) is 2.77. The van der Waals surface area contributed by atoms with Crippen molar-refractivity contribution in [1.82, 2.24) is 5.32 Å². The summed E-state index contributed by atoms with van der Waals surface area (Å²) < 4.78 is 35.3. The zero-order valence-corrected chi connectivity index (χ0v) is 18.4. The summed E-state index contributed by atoms with van der Waals surface area (Å²) in [6.45, 7) is 7.03. The highest BCUT2D eigenvalue weighted by atomic mass is 32.2. The van der Waals surface area contributed by atoms with Gasteiger partial charge in [-0.1, -0.05) is 26.0 Å². The van der Waals surface area contributed by atoms with Gasteiger partial charge in [0.15, 0.2) is 6.61 Å². The number of hydrogen-bond donors (Lipinski definition) is 1. The molecule has 0 aliphatic heterocycles. The van der Waals surface area contributed by atoms with Gasteiger partial charge in [0.1, 0.15) is 10.6 Å². The first-order valence-corrected chi connectivity index (χ1v) is 11.1. The van der Waals surface area contributed by atoms with Gasteiger partial charge in [0, 0.05) is 6.04 Å². The Labute approximate surface area is 177 Å². The van der Waals surface area contributed by atoms with E-state index in [9.17, 15) is 18.0 Å². The molecular formula is C22H27NO6S. The number of aryl methyl sites for hydroxylation is 2. The predicted octanol–water partition coefficient (Wildman–Crippen LogP) is 3.53. The summed E-state index contributed by atoms with van der Waals surface area (Å²) in [5.74, 6) is -0.978. The first kappa shape index (κ1) is 23.4. The molecule has 0 aliphatic carbocycles. The van der Waals surface area contributed by atoms with Crippen LogP contribution in [0.1, 0.15) is 48.2 Å². The molecule has 0 heterocycles. The Morgan fingerprint density at radius 1 is 1.00 bits per heavy atom. The predicted molar refractivity (Wildman–Crippen MR) is 113 cm³/mol. The average Bonchev–Trinajstić information content (AvgIpc) is 2.72. The van der Waals surface area contributed by atoms with Crippen LogP contribution >= 0.6 is 0 Å². The summed E-state index contributed by atoms with van der Waals surface area (Å²) in [5, 5.41) is 2.78. The van der Waals surface area contributed by atoms with Crippen LogP contribution in [0.15, 0.2) is 47.4 Å². The maximum absolute atomic E-state index is 12.6. The Hall–Kier alpha value is -2.87. The molecule has 0 bridgehead atoms. The van der Waals surface area contributed by atoms with Crippen LogP contribution in [-0.2, 0) is 19.6 Å². The Bertz CT molecular complexity index is 995. The van der Waals surface area contributed by atoms with Crippen molar-refractivity contribution < 1.29 is 26.9 Å². The first-order chi connectivity index (χ1) is 14.2. The van der Waals surface area contributed by atoms with E-state index in [1.807, 2.05) is 19.9 Å². The van der Waals surface area contributed by atoms with Crippen LogP contribution in [0.5, 0.6) is 5.75 Å². The zero-order chi connectivity index (χ0) is 22.3. The molecule has 0 aliphatic rings. The summed E-state index contributed by atoms with van der Waals surface area (Å²) in [6, 6.07) is 10.6. The van der Waals surface area contributed by atoms with Gasteiger partial charge in [0.05, 0.1) is 5.56 Å². The van der Waals surface area contributed by atoms with E-state index in [0.29, 0.717) is 5.56 Å². The van der Waals surface area contributed by atoms with Crippen LogP contribution in [0.3, 0.4) is 0 Å². The van der Waals surface area contributed by atoms with Crippen LogP contribution < -0.4 is 9.50 Å². The van der Waals surface area contributed by atoms with Crippen molar-refractivity contribution in [2.45, 2.75) is 51.5 Å².